The summed E-state index contributed by atoms with van der Waals surface area (Å²) in [6.45, 7) is 12.6. The van der Waals surface area contributed by atoms with Crippen LogP contribution in [0, 0.1) is 28.6 Å². The van der Waals surface area contributed by atoms with Crippen LogP contribution in [0.1, 0.15) is 109 Å². The lowest BCUT2D eigenvalue weighted by molar-refractivity contribution is -0.0922. The molecular formula is C31H44N2O. The molecule has 3 nitrogen and oxygen atoms in total. The first-order chi connectivity index (χ1) is 16.1. The van der Waals surface area contributed by atoms with Crippen molar-refractivity contribution >= 4 is 5.84 Å². The van der Waals surface area contributed by atoms with Crippen molar-refractivity contribution < 1.29 is 4.74 Å². The minimum atomic E-state index is -0.0446. The minimum absolute atomic E-state index is 0.0446. The largest absolute Gasteiger partial charge is 0.383 e. The van der Waals surface area contributed by atoms with E-state index in [-0.39, 0.29) is 5.60 Å². The van der Waals surface area contributed by atoms with E-state index in [9.17, 15) is 0 Å². The summed E-state index contributed by atoms with van der Waals surface area (Å²) in [5.41, 5.74) is 12.6. The van der Waals surface area contributed by atoms with Gasteiger partial charge in [-0.25, -0.2) is 0 Å². The van der Waals surface area contributed by atoms with E-state index in [1.807, 2.05) is 0 Å². The van der Waals surface area contributed by atoms with Gasteiger partial charge < -0.3 is 10.5 Å². The van der Waals surface area contributed by atoms with Gasteiger partial charge in [-0.2, -0.15) is 0 Å². The number of amidine groups is 1. The van der Waals surface area contributed by atoms with E-state index in [0.717, 1.165) is 42.1 Å². The normalized spacial score (nSPS) is 41.1. The highest BCUT2D eigenvalue weighted by Crippen LogP contribution is 2.68. The summed E-state index contributed by atoms with van der Waals surface area (Å²) < 4.78 is 6.44. The molecule has 0 bridgehead atoms. The topological polar surface area (TPSA) is 47.6 Å². The van der Waals surface area contributed by atoms with Crippen molar-refractivity contribution in [3.63, 3.8) is 0 Å². The van der Waals surface area contributed by atoms with Crippen LogP contribution in [0.25, 0.3) is 0 Å². The van der Waals surface area contributed by atoms with E-state index in [4.69, 9.17) is 10.5 Å². The Bertz CT molecular complexity index is 1050. The standard InChI is InChI=1S/C31H44N2O/c1-29(2,3)34-22-12-14-30(4)21(17-22)7-9-24-26-11-10-25(31(26,5)15-13-27(24)30)19-6-8-23-20(16-19)18-33-28(23)32/h6-8,16,22,24-27H,9-15,17-18H2,1-5H3,(H2,32,33)/t22-,24+,25-,26+,27+,30+,31-/m1/s1. The number of ether oxygens (including phenoxy) is 1. The van der Waals surface area contributed by atoms with Crippen LogP contribution in [-0.4, -0.2) is 17.5 Å². The monoisotopic (exact) mass is 460 g/mol. The molecule has 0 saturated heterocycles. The van der Waals surface area contributed by atoms with Crippen LogP contribution in [-0.2, 0) is 11.3 Å². The molecule has 7 atom stereocenters. The molecule has 0 unspecified atom stereocenters. The van der Waals surface area contributed by atoms with Crippen LogP contribution in [0.2, 0.25) is 0 Å². The average molecular weight is 461 g/mol. The van der Waals surface area contributed by atoms with Crippen LogP contribution in [0.4, 0.5) is 0 Å². The number of hydrogen-bond donors (Lipinski definition) is 1. The zero-order valence-corrected chi connectivity index (χ0v) is 22.0. The second kappa shape index (κ2) is 7.69. The van der Waals surface area contributed by atoms with Crippen molar-refractivity contribution in [1.82, 2.24) is 0 Å². The number of nitrogens with zero attached hydrogens (tertiary/aromatic N) is 1. The number of allylic oxidation sites excluding steroid dienone is 1. The Kier molecular flexibility index (Phi) is 5.16. The van der Waals surface area contributed by atoms with Gasteiger partial charge in [0.25, 0.3) is 0 Å². The van der Waals surface area contributed by atoms with E-state index in [1.165, 1.54) is 50.5 Å². The smallest absolute Gasteiger partial charge is 0.126 e. The molecule has 0 spiro atoms. The summed E-state index contributed by atoms with van der Waals surface area (Å²) in [4.78, 5) is 4.47. The van der Waals surface area contributed by atoms with Crippen molar-refractivity contribution in [3.8, 4) is 0 Å². The lowest BCUT2D eigenvalue weighted by atomic mass is 9.47. The summed E-state index contributed by atoms with van der Waals surface area (Å²) in [5, 5.41) is 0. The first-order valence-corrected chi connectivity index (χ1v) is 13.9. The molecule has 1 aromatic rings. The molecule has 3 saturated carbocycles. The fourth-order valence-corrected chi connectivity index (χ4v) is 9.24. The van der Waals surface area contributed by atoms with E-state index in [1.54, 1.807) is 11.1 Å². The molecule has 0 radical (unpaired) electrons. The predicted molar refractivity (Wildman–Crippen MR) is 140 cm³/mol. The number of rotatable bonds is 2. The molecule has 3 heteroatoms. The highest BCUT2D eigenvalue weighted by molar-refractivity contribution is 6.00. The fraction of sp³-hybridized carbons (Fsp3) is 0.710. The number of hydrogen-bond acceptors (Lipinski definition) is 3. The Hall–Kier alpha value is -1.61. The van der Waals surface area contributed by atoms with Gasteiger partial charge in [-0.3, -0.25) is 4.99 Å². The number of nitrogens with two attached hydrogens (primary N) is 1. The molecule has 0 aromatic heterocycles. The van der Waals surface area contributed by atoms with Crippen LogP contribution in [0.3, 0.4) is 0 Å². The summed E-state index contributed by atoms with van der Waals surface area (Å²) in [7, 11) is 0. The van der Waals surface area contributed by atoms with Crippen LogP contribution in [0.5, 0.6) is 0 Å². The highest BCUT2D eigenvalue weighted by atomic mass is 16.5. The maximum atomic E-state index is 6.44. The third-order valence-electron chi connectivity index (χ3n) is 10.8. The van der Waals surface area contributed by atoms with Crippen LogP contribution in [0.15, 0.2) is 34.8 Å². The summed E-state index contributed by atoms with van der Waals surface area (Å²) in [5.74, 6) is 3.96. The Labute approximate surface area is 206 Å². The third-order valence-corrected chi connectivity index (χ3v) is 10.8. The second-order valence-electron chi connectivity index (χ2n) is 13.6. The number of aliphatic imine (C=N–C) groups is 1. The van der Waals surface area contributed by atoms with Crippen molar-refractivity contribution in [2.75, 3.05) is 0 Å². The molecule has 34 heavy (non-hydrogen) atoms. The molecule has 5 aliphatic rings. The van der Waals surface area contributed by atoms with Crippen molar-refractivity contribution in [1.29, 1.82) is 0 Å². The van der Waals surface area contributed by atoms with Gasteiger partial charge in [-0.05, 0) is 118 Å². The first-order valence-electron chi connectivity index (χ1n) is 13.9. The highest BCUT2D eigenvalue weighted by Gasteiger charge is 2.58. The predicted octanol–water partition coefficient (Wildman–Crippen LogP) is 7.14. The Morgan fingerprint density at radius 2 is 1.85 bits per heavy atom. The quantitative estimate of drug-likeness (QED) is 0.477. The van der Waals surface area contributed by atoms with Crippen LogP contribution < -0.4 is 5.73 Å². The molecule has 4 aliphatic carbocycles. The molecule has 1 aliphatic heterocycles. The summed E-state index contributed by atoms with van der Waals surface area (Å²) in [6, 6.07) is 7.06. The van der Waals surface area contributed by atoms with Gasteiger partial charge in [0.05, 0.1) is 18.2 Å². The lowest BCUT2D eigenvalue weighted by Gasteiger charge is -2.58. The maximum absolute atomic E-state index is 6.44. The first kappa shape index (κ1) is 22.8. The van der Waals surface area contributed by atoms with Gasteiger partial charge in [-0.1, -0.05) is 43.7 Å². The van der Waals surface area contributed by atoms with Crippen molar-refractivity contribution in [2.45, 2.75) is 110 Å². The molecule has 2 N–H and O–H groups in total. The average Bonchev–Trinajstić information content (AvgIpc) is 3.32. The van der Waals surface area contributed by atoms with Crippen molar-refractivity contribution in [2.24, 2.45) is 39.3 Å². The van der Waals surface area contributed by atoms with Gasteiger partial charge in [0.1, 0.15) is 5.84 Å². The zero-order chi connectivity index (χ0) is 23.9. The van der Waals surface area contributed by atoms with Crippen molar-refractivity contribution in [3.05, 3.63) is 46.5 Å². The maximum Gasteiger partial charge on any atom is 0.126 e. The molecule has 1 heterocycles. The SMILES string of the molecule is CC(C)(C)O[C@@H]1CC[C@@]2(C)C(=CC[C@H]3[C@@H]4CC[C@H](c5ccc6c(c5)CN=C6N)[C@@]4(C)CC[C@@H]32)C1. The van der Waals surface area contributed by atoms with Gasteiger partial charge >= 0.3 is 0 Å². The summed E-state index contributed by atoms with van der Waals surface area (Å²) >= 11 is 0. The Morgan fingerprint density at radius 3 is 2.65 bits per heavy atom. The Balaban J connectivity index is 1.24. The van der Waals surface area contributed by atoms with Gasteiger partial charge in [0.2, 0.25) is 0 Å². The third kappa shape index (κ3) is 3.44. The summed E-state index contributed by atoms with van der Waals surface area (Å²) in [6.07, 6.45) is 13.6. The fourth-order valence-electron chi connectivity index (χ4n) is 9.24. The Morgan fingerprint density at radius 1 is 1.03 bits per heavy atom. The number of benzene rings is 1. The molecule has 0 amide bonds. The lowest BCUT2D eigenvalue weighted by Crippen LogP contribution is -2.50. The van der Waals surface area contributed by atoms with Gasteiger partial charge in [0.15, 0.2) is 0 Å². The van der Waals surface area contributed by atoms with Gasteiger partial charge in [0, 0.05) is 5.56 Å². The zero-order valence-electron chi connectivity index (χ0n) is 22.0. The van der Waals surface area contributed by atoms with E-state index in [0.29, 0.717) is 22.9 Å². The van der Waals surface area contributed by atoms with Gasteiger partial charge in [-0.15, -0.1) is 0 Å². The minimum Gasteiger partial charge on any atom is -0.383 e. The van der Waals surface area contributed by atoms with E-state index in [2.05, 4.69) is 63.9 Å². The van der Waals surface area contributed by atoms with Crippen LogP contribution >= 0.6 is 0 Å². The molecular weight excluding hydrogens is 416 g/mol. The number of fused-ring (bicyclic) bond motifs is 6. The molecule has 3 fully saturated rings. The molecule has 6 rings (SSSR count). The van der Waals surface area contributed by atoms with E-state index >= 15 is 0 Å². The molecule has 1 aromatic carbocycles. The molecule has 184 valence electrons. The second-order valence-corrected chi connectivity index (χ2v) is 13.6. The van der Waals surface area contributed by atoms with E-state index < -0.39 is 0 Å².